The number of rotatable bonds is 4. The predicted octanol–water partition coefficient (Wildman–Crippen LogP) is 2.23. The van der Waals surface area contributed by atoms with Gasteiger partial charge in [-0.15, -0.1) is 10.2 Å². The average molecular weight is 440 g/mol. The molecule has 0 spiro atoms. The maximum atomic E-state index is 12.2. The number of nitrogens with one attached hydrogen (secondary N) is 1. The average Bonchev–Trinajstić information content (AvgIpc) is 2.41. The van der Waals surface area contributed by atoms with Gasteiger partial charge in [-0.05, 0) is 52.9 Å². The van der Waals surface area contributed by atoms with Crippen molar-refractivity contribution in [1.82, 2.24) is 10.2 Å². The van der Waals surface area contributed by atoms with Crippen LogP contribution in [0.3, 0.4) is 0 Å². The van der Waals surface area contributed by atoms with Crippen LogP contribution in [0, 0.1) is 3.57 Å². The Morgan fingerprint density at radius 2 is 1.95 bits per heavy atom. The first-order valence-corrected chi connectivity index (χ1v) is 8.28. The zero-order valence-electron chi connectivity index (χ0n) is 10.1. The van der Waals surface area contributed by atoms with Gasteiger partial charge in [-0.1, -0.05) is 11.6 Å². The molecule has 0 saturated heterocycles. The first-order chi connectivity index (χ1) is 9.79. The van der Waals surface area contributed by atoms with Crippen molar-refractivity contribution in [2.75, 3.05) is 4.72 Å². The highest BCUT2D eigenvalue weighted by Gasteiger charge is 2.19. The van der Waals surface area contributed by atoms with Crippen LogP contribution in [0.5, 0.6) is 0 Å². The van der Waals surface area contributed by atoms with Crippen molar-refractivity contribution in [1.29, 1.82) is 0 Å². The molecule has 0 radical (unpaired) electrons. The lowest BCUT2D eigenvalue weighted by molar-refractivity contribution is 0.0695. The molecule has 0 fully saturated rings. The highest BCUT2D eigenvalue weighted by molar-refractivity contribution is 14.1. The number of hydrogen-bond acceptors (Lipinski definition) is 5. The van der Waals surface area contributed by atoms with Crippen LogP contribution >= 0.6 is 34.2 Å². The summed E-state index contributed by atoms with van der Waals surface area (Å²) in [6.07, 6.45) is 0. The molecule has 2 rings (SSSR count). The lowest BCUT2D eigenvalue weighted by Gasteiger charge is -2.08. The number of carbonyl (C=O) groups is 1. The summed E-state index contributed by atoms with van der Waals surface area (Å²) in [6, 6.07) is 6.52. The molecule has 0 saturated carbocycles. The minimum Gasteiger partial charge on any atom is -0.478 e. The van der Waals surface area contributed by atoms with E-state index in [1.54, 1.807) is 0 Å². The van der Waals surface area contributed by atoms with Crippen LogP contribution in [0.4, 0.5) is 5.82 Å². The summed E-state index contributed by atoms with van der Waals surface area (Å²) in [5.41, 5.74) is -0.0966. The highest BCUT2D eigenvalue weighted by Crippen LogP contribution is 2.20. The van der Waals surface area contributed by atoms with Crippen LogP contribution in [-0.2, 0) is 10.0 Å². The summed E-state index contributed by atoms with van der Waals surface area (Å²) in [6.45, 7) is 0. The zero-order chi connectivity index (χ0) is 15.6. The third-order valence-corrected chi connectivity index (χ3v) is 4.84. The summed E-state index contributed by atoms with van der Waals surface area (Å²) in [4.78, 5) is 10.9. The van der Waals surface area contributed by atoms with Crippen molar-refractivity contribution in [3.05, 3.63) is 44.6 Å². The first kappa shape index (κ1) is 15.9. The van der Waals surface area contributed by atoms with Gasteiger partial charge in [0.1, 0.15) is 0 Å². The third-order valence-electron chi connectivity index (χ3n) is 2.35. The number of aromatic nitrogens is 2. The van der Waals surface area contributed by atoms with Crippen LogP contribution in [0.25, 0.3) is 0 Å². The van der Waals surface area contributed by atoms with Gasteiger partial charge < -0.3 is 5.11 Å². The van der Waals surface area contributed by atoms with E-state index in [0.29, 0.717) is 3.57 Å². The smallest absolute Gasteiger partial charge is 0.336 e. The van der Waals surface area contributed by atoms with Crippen LogP contribution in [0.1, 0.15) is 10.4 Å². The molecule has 7 nitrogen and oxygen atoms in total. The number of anilines is 1. The van der Waals surface area contributed by atoms with Crippen LogP contribution in [-0.4, -0.2) is 29.7 Å². The van der Waals surface area contributed by atoms with Gasteiger partial charge in [-0.2, -0.15) is 0 Å². The Balaban J connectivity index is 2.38. The van der Waals surface area contributed by atoms with E-state index in [1.165, 1.54) is 24.3 Å². The minimum atomic E-state index is -3.96. The second kappa shape index (κ2) is 6.12. The summed E-state index contributed by atoms with van der Waals surface area (Å²) in [7, 11) is -3.96. The Morgan fingerprint density at radius 1 is 1.24 bits per heavy atom. The fourth-order valence-electron chi connectivity index (χ4n) is 1.40. The van der Waals surface area contributed by atoms with Crippen molar-refractivity contribution in [3.63, 3.8) is 0 Å². The zero-order valence-corrected chi connectivity index (χ0v) is 13.8. The molecule has 0 aliphatic rings. The van der Waals surface area contributed by atoms with Gasteiger partial charge in [-0.3, -0.25) is 4.72 Å². The fourth-order valence-corrected chi connectivity index (χ4v) is 3.09. The van der Waals surface area contributed by atoms with E-state index < -0.39 is 16.0 Å². The van der Waals surface area contributed by atoms with Crippen molar-refractivity contribution < 1.29 is 18.3 Å². The largest absolute Gasteiger partial charge is 0.478 e. The molecule has 1 aromatic heterocycles. The summed E-state index contributed by atoms with van der Waals surface area (Å²) >= 11 is 7.37. The van der Waals surface area contributed by atoms with Crippen LogP contribution < -0.4 is 4.72 Å². The van der Waals surface area contributed by atoms with Crippen molar-refractivity contribution in [2.24, 2.45) is 0 Å². The van der Waals surface area contributed by atoms with Crippen LogP contribution in [0.2, 0.25) is 5.15 Å². The van der Waals surface area contributed by atoms with Gasteiger partial charge in [0.2, 0.25) is 0 Å². The molecule has 110 valence electrons. The second-order valence-corrected chi connectivity index (χ2v) is 7.03. The molecule has 0 unspecified atom stereocenters. The lowest BCUT2D eigenvalue weighted by atomic mass is 10.2. The molecule has 10 heteroatoms. The van der Waals surface area contributed by atoms with Gasteiger partial charge in [0.15, 0.2) is 11.0 Å². The summed E-state index contributed by atoms with van der Waals surface area (Å²) < 4.78 is 27.0. The minimum absolute atomic E-state index is 0.0187. The number of aromatic carboxylic acids is 1. The van der Waals surface area contributed by atoms with Gasteiger partial charge >= 0.3 is 5.97 Å². The number of benzene rings is 1. The molecular formula is C11H7ClIN3O4S. The van der Waals surface area contributed by atoms with E-state index in [2.05, 4.69) is 14.9 Å². The molecule has 2 aromatic rings. The van der Waals surface area contributed by atoms with Crippen molar-refractivity contribution in [3.8, 4) is 0 Å². The van der Waals surface area contributed by atoms with Gasteiger partial charge in [-0.25, -0.2) is 13.2 Å². The maximum Gasteiger partial charge on any atom is 0.336 e. The van der Waals surface area contributed by atoms with Gasteiger partial charge in [0.25, 0.3) is 10.0 Å². The quantitative estimate of drug-likeness (QED) is 0.707. The molecular weight excluding hydrogens is 433 g/mol. The molecule has 0 aliphatic heterocycles. The van der Waals surface area contributed by atoms with Crippen LogP contribution in [0.15, 0.2) is 35.2 Å². The van der Waals surface area contributed by atoms with Gasteiger partial charge in [0.05, 0.1) is 10.5 Å². The number of hydrogen-bond donors (Lipinski definition) is 2. The maximum absolute atomic E-state index is 12.2. The standard InChI is InChI=1S/C11H7ClIN3O4S/c12-9-3-4-10(15-14-9)16-21(19,20)6-1-2-8(13)7(5-6)11(17)18/h1-5H,(H,15,16)(H,17,18). The molecule has 1 aromatic carbocycles. The normalized spacial score (nSPS) is 11.1. The van der Waals surface area contributed by atoms with E-state index in [4.69, 9.17) is 16.7 Å². The van der Waals surface area contributed by atoms with E-state index in [1.807, 2.05) is 22.6 Å². The van der Waals surface area contributed by atoms with E-state index in [-0.39, 0.29) is 21.4 Å². The molecule has 1 heterocycles. The SMILES string of the molecule is O=C(O)c1cc(S(=O)(=O)Nc2ccc(Cl)nn2)ccc1I. The molecule has 0 bridgehead atoms. The summed E-state index contributed by atoms with van der Waals surface area (Å²) in [5.74, 6) is -1.22. The van der Waals surface area contributed by atoms with E-state index >= 15 is 0 Å². The Bertz CT molecular complexity index is 796. The van der Waals surface area contributed by atoms with Crippen molar-refractivity contribution in [2.45, 2.75) is 4.90 Å². The molecule has 21 heavy (non-hydrogen) atoms. The number of carboxylic acid groups (broad SMARTS) is 1. The van der Waals surface area contributed by atoms with E-state index in [0.717, 1.165) is 6.07 Å². The molecule has 0 atom stereocenters. The Hall–Kier alpha value is -1.46. The van der Waals surface area contributed by atoms with E-state index in [9.17, 15) is 13.2 Å². The van der Waals surface area contributed by atoms with Crippen molar-refractivity contribution >= 4 is 56.0 Å². The predicted molar refractivity (Wildman–Crippen MR) is 84.0 cm³/mol. The monoisotopic (exact) mass is 439 g/mol. The molecule has 0 aliphatic carbocycles. The fraction of sp³-hybridized carbons (Fsp3) is 0. The number of halogens is 2. The second-order valence-electron chi connectivity index (χ2n) is 3.79. The third kappa shape index (κ3) is 3.80. The Kier molecular flexibility index (Phi) is 4.64. The molecule has 2 N–H and O–H groups in total. The number of nitrogens with zero attached hydrogens (tertiary/aromatic N) is 2. The summed E-state index contributed by atoms with van der Waals surface area (Å²) in [5, 5.41) is 16.2. The Morgan fingerprint density at radius 3 is 2.52 bits per heavy atom. The number of sulfonamides is 1. The topological polar surface area (TPSA) is 109 Å². The first-order valence-electron chi connectivity index (χ1n) is 5.34. The highest BCUT2D eigenvalue weighted by atomic mass is 127. The van der Waals surface area contributed by atoms with Gasteiger partial charge in [0, 0.05) is 3.57 Å². The molecule has 0 amide bonds. The Labute approximate surface area is 138 Å². The number of carboxylic acids is 1. The lowest BCUT2D eigenvalue weighted by Crippen LogP contribution is -2.15.